The number of hydrogen-bond acceptors (Lipinski definition) is 3. The van der Waals surface area contributed by atoms with Gasteiger partial charge in [-0.25, -0.2) is 4.98 Å². The van der Waals surface area contributed by atoms with Crippen molar-refractivity contribution in [3.63, 3.8) is 0 Å². The first-order chi connectivity index (χ1) is 9.06. The molecule has 1 aromatic heterocycles. The molecule has 0 aliphatic carbocycles. The second-order valence-corrected chi connectivity index (χ2v) is 5.14. The number of nitrogen functional groups attached to an aromatic ring is 1. The lowest BCUT2D eigenvalue weighted by Gasteiger charge is -2.14. The van der Waals surface area contributed by atoms with Gasteiger partial charge in [-0.1, -0.05) is 28.1 Å². The minimum atomic E-state index is -0.213. The predicted octanol–water partition coefficient (Wildman–Crippen LogP) is 2.92. The summed E-state index contributed by atoms with van der Waals surface area (Å²) in [6, 6.07) is 11.0. The molecule has 3 N–H and O–H groups in total. The van der Waals surface area contributed by atoms with Crippen molar-refractivity contribution in [3.05, 3.63) is 58.3 Å². The molecular formula is C14H14BrN3O. The highest BCUT2D eigenvalue weighted by molar-refractivity contribution is 9.10. The van der Waals surface area contributed by atoms with Crippen LogP contribution >= 0.6 is 15.9 Å². The van der Waals surface area contributed by atoms with Gasteiger partial charge in [0.25, 0.3) is 5.91 Å². The quantitative estimate of drug-likeness (QED) is 0.914. The Morgan fingerprint density at radius 3 is 2.53 bits per heavy atom. The van der Waals surface area contributed by atoms with Crippen molar-refractivity contribution in [2.75, 3.05) is 5.73 Å². The Morgan fingerprint density at radius 2 is 1.95 bits per heavy atom. The molecule has 0 fully saturated rings. The molecule has 0 saturated heterocycles. The number of amides is 1. The minimum Gasteiger partial charge on any atom is -0.397 e. The van der Waals surface area contributed by atoms with Crippen LogP contribution in [0.3, 0.4) is 0 Å². The molecule has 1 unspecified atom stereocenters. The summed E-state index contributed by atoms with van der Waals surface area (Å²) in [7, 11) is 0. The molecule has 2 rings (SSSR count). The maximum absolute atomic E-state index is 12.0. The Balaban J connectivity index is 2.06. The average molecular weight is 320 g/mol. The minimum absolute atomic E-state index is 0.0834. The molecule has 5 heteroatoms. The van der Waals surface area contributed by atoms with Crippen molar-refractivity contribution in [2.45, 2.75) is 13.0 Å². The zero-order valence-corrected chi connectivity index (χ0v) is 12.0. The SMILES string of the molecule is CC(NC(=O)c1ccc(N)cn1)c1ccc(Br)cc1. The Labute approximate surface area is 120 Å². The largest absolute Gasteiger partial charge is 0.397 e. The lowest BCUT2D eigenvalue weighted by Crippen LogP contribution is -2.27. The number of rotatable bonds is 3. The van der Waals surface area contributed by atoms with E-state index in [-0.39, 0.29) is 11.9 Å². The van der Waals surface area contributed by atoms with E-state index < -0.39 is 0 Å². The van der Waals surface area contributed by atoms with Crippen molar-refractivity contribution in [2.24, 2.45) is 0 Å². The summed E-state index contributed by atoms with van der Waals surface area (Å²) in [4.78, 5) is 16.0. The van der Waals surface area contributed by atoms with Crippen molar-refractivity contribution in [3.8, 4) is 0 Å². The maximum atomic E-state index is 12.0. The molecule has 2 aromatic rings. The summed E-state index contributed by atoms with van der Waals surface area (Å²) >= 11 is 3.38. The smallest absolute Gasteiger partial charge is 0.270 e. The lowest BCUT2D eigenvalue weighted by molar-refractivity contribution is 0.0935. The van der Waals surface area contributed by atoms with Crippen LogP contribution in [-0.4, -0.2) is 10.9 Å². The number of halogens is 1. The maximum Gasteiger partial charge on any atom is 0.270 e. The summed E-state index contributed by atoms with van der Waals surface area (Å²) in [5.41, 5.74) is 7.47. The molecule has 98 valence electrons. The lowest BCUT2D eigenvalue weighted by atomic mass is 10.1. The second kappa shape index (κ2) is 5.84. The van der Waals surface area contributed by atoms with Gasteiger partial charge in [0.15, 0.2) is 0 Å². The molecular weight excluding hydrogens is 306 g/mol. The fourth-order valence-electron chi connectivity index (χ4n) is 1.64. The van der Waals surface area contributed by atoms with E-state index in [1.165, 1.54) is 6.20 Å². The number of benzene rings is 1. The summed E-state index contributed by atoms with van der Waals surface area (Å²) in [6.07, 6.45) is 1.47. The van der Waals surface area contributed by atoms with Gasteiger partial charge in [0.2, 0.25) is 0 Å². The van der Waals surface area contributed by atoms with Gasteiger partial charge in [0.1, 0.15) is 5.69 Å². The van der Waals surface area contributed by atoms with E-state index >= 15 is 0 Å². The Morgan fingerprint density at radius 1 is 1.26 bits per heavy atom. The Bertz CT molecular complexity index is 566. The van der Waals surface area contributed by atoms with Gasteiger partial charge in [-0.2, -0.15) is 0 Å². The van der Waals surface area contributed by atoms with Crippen molar-refractivity contribution in [1.82, 2.24) is 10.3 Å². The van der Waals surface area contributed by atoms with Gasteiger partial charge in [-0.05, 0) is 36.8 Å². The fraction of sp³-hybridized carbons (Fsp3) is 0.143. The fourth-order valence-corrected chi connectivity index (χ4v) is 1.91. The van der Waals surface area contributed by atoms with Gasteiger partial charge < -0.3 is 11.1 Å². The molecule has 0 saturated carbocycles. The highest BCUT2D eigenvalue weighted by Gasteiger charge is 2.12. The molecule has 19 heavy (non-hydrogen) atoms. The van der Waals surface area contributed by atoms with Crippen molar-refractivity contribution < 1.29 is 4.79 Å². The van der Waals surface area contributed by atoms with E-state index in [1.54, 1.807) is 12.1 Å². The van der Waals surface area contributed by atoms with E-state index in [0.717, 1.165) is 10.0 Å². The van der Waals surface area contributed by atoms with Crippen molar-refractivity contribution in [1.29, 1.82) is 0 Å². The third kappa shape index (κ3) is 3.54. The highest BCUT2D eigenvalue weighted by Crippen LogP contribution is 2.16. The molecule has 0 spiro atoms. The van der Waals surface area contributed by atoms with E-state index in [1.807, 2.05) is 31.2 Å². The van der Waals surface area contributed by atoms with E-state index in [9.17, 15) is 4.79 Å². The van der Waals surface area contributed by atoms with Crippen LogP contribution in [-0.2, 0) is 0 Å². The van der Waals surface area contributed by atoms with Crippen LogP contribution in [0.5, 0.6) is 0 Å². The van der Waals surface area contributed by atoms with Crippen molar-refractivity contribution >= 4 is 27.5 Å². The molecule has 0 aliphatic rings. The van der Waals surface area contributed by atoms with Crippen LogP contribution < -0.4 is 11.1 Å². The Hall–Kier alpha value is -1.88. The third-order valence-corrected chi connectivity index (χ3v) is 3.27. The predicted molar refractivity (Wildman–Crippen MR) is 78.7 cm³/mol. The first-order valence-corrected chi connectivity index (χ1v) is 6.63. The number of nitrogens with one attached hydrogen (secondary N) is 1. The number of aromatic nitrogens is 1. The molecule has 1 amide bonds. The zero-order valence-electron chi connectivity index (χ0n) is 10.4. The van der Waals surface area contributed by atoms with Crippen LogP contribution in [0, 0.1) is 0 Å². The zero-order chi connectivity index (χ0) is 13.8. The monoisotopic (exact) mass is 319 g/mol. The number of nitrogens with two attached hydrogens (primary N) is 1. The van der Waals surface area contributed by atoms with Gasteiger partial charge in [-0.15, -0.1) is 0 Å². The summed E-state index contributed by atoms with van der Waals surface area (Å²) in [5.74, 6) is -0.213. The number of carbonyl (C=O) groups excluding carboxylic acids is 1. The van der Waals surface area contributed by atoms with E-state index in [4.69, 9.17) is 5.73 Å². The van der Waals surface area contributed by atoms with Crippen LogP contribution in [0.2, 0.25) is 0 Å². The first kappa shape index (κ1) is 13.5. The summed E-state index contributed by atoms with van der Waals surface area (Å²) in [6.45, 7) is 1.93. The molecule has 0 radical (unpaired) electrons. The number of nitrogens with zero attached hydrogens (tertiary/aromatic N) is 1. The van der Waals surface area contributed by atoms with E-state index in [2.05, 4.69) is 26.2 Å². The second-order valence-electron chi connectivity index (χ2n) is 4.22. The molecule has 4 nitrogen and oxygen atoms in total. The molecule has 0 bridgehead atoms. The standard InChI is InChI=1S/C14H14BrN3O/c1-9(10-2-4-11(15)5-3-10)18-14(19)13-7-6-12(16)8-17-13/h2-9H,16H2,1H3,(H,18,19). The number of anilines is 1. The van der Waals surface area contributed by atoms with Gasteiger partial charge in [-0.3, -0.25) is 4.79 Å². The number of pyridine rings is 1. The summed E-state index contributed by atoms with van der Waals surface area (Å²) in [5, 5.41) is 2.89. The topological polar surface area (TPSA) is 68.0 Å². The number of carbonyl (C=O) groups is 1. The number of hydrogen-bond donors (Lipinski definition) is 2. The molecule has 1 aromatic carbocycles. The third-order valence-electron chi connectivity index (χ3n) is 2.74. The molecule has 1 heterocycles. The van der Waals surface area contributed by atoms with Gasteiger partial charge >= 0.3 is 0 Å². The Kier molecular flexibility index (Phi) is 4.16. The van der Waals surface area contributed by atoms with E-state index in [0.29, 0.717) is 11.4 Å². The van der Waals surface area contributed by atoms with Crippen LogP contribution in [0.4, 0.5) is 5.69 Å². The molecule has 1 atom stereocenters. The highest BCUT2D eigenvalue weighted by atomic mass is 79.9. The van der Waals surface area contributed by atoms with Gasteiger partial charge in [0.05, 0.1) is 17.9 Å². The van der Waals surface area contributed by atoms with Crippen LogP contribution in [0.15, 0.2) is 47.1 Å². The van der Waals surface area contributed by atoms with Gasteiger partial charge in [0, 0.05) is 4.47 Å². The first-order valence-electron chi connectivity index (χ1n) is 5.84. The average Bonchev–Trinajstić information content (AvgIpc) is 2.40. The summed E-state index contributed by atoms with van der Waals surface area (Å²) < 4.78 is 1.01. The normalized spacial score (nSPS) is 11.9. The van der Waals surface area contributed by atoms with Crippen LogP contribution in [0.25, 0.3) is 0 Å². The molecule has 0 aliphatic heterocycles. The van der Waals surface area contributed by atoms with Crippen LogP contribution in [0.1, 0.15) is 29.0 Å².